The molecule has 0 aromatic heterocycles. The van der Waals surface area contributed by atoms with Crippen LogP contribution in [0.3, 0.4) is 0 Å². The number of hydrogen-bond donors (Lipinski definition) is 2. The van der Waals surface area contributed by atoms with Gasteiger partial charge in [-0.2, -0.15) is 0 Å². The van der Waals surface area contributed by atoms with E-state index in [0.29, 0.717) is 16.4 Å². The predicted molar refractivity (Wildman–Crippen MR) is 74.9 cm³/mol. The molecule has 0 aliphatic heterocycles. The van der Waals surface area contributed by atoms with E-state index in [1.54, 1.807) is 24.3 Å². The quantitative estimate of drug-likeness (QED) is 0.484. The zero-order valence-electron chi connectivity index (χ0n) is 8.79. The maximum Gasteiger partial charge on any atom is 0.254 e. The molecule has 2 N–H and O–H groups in total. The van der Waals surface area contributed by atoms with E-state index in [1.165, 1.54) is 0 Å². The number of benzene rings is 1. The topological polar surface area (TPSA) is 58.2 Å². The molecule has 0 fully saturated rings. The summed E-state index contributed by atoms with van der Waals surface area (Å²) in [4.78, 5) is 22.3. The Morgan fingerprint density at radius 2 is 1.94 bits per heavy atom. The number of rotatable bonds is 4. The van der Waals surface area contributed by atoms with Crippen molar-refractivity contribution in [2.24, 2.45) is 0 Å². The third-order valence-corrected chi connectivity index (χ3v) is 3.30. The molecule has 1 aromatic rings. The zero-order chi connectivity index (χ0) is 13.8. The highest BCUT2D eigenvalue weighted by Gasteiger charge is 2.34. The van der Waals surface area contributed by atoms with Gasteiger partial charge in [-0.15, -0.1) is 0 Å². The monoisotopic (exact) mass is 372 g/mol. The third kappa shape index (κ3) is 4.31. The molecule has 1 rings (SSSR count). The second-order valence-corrected chi connectivity index (χ2v) is 6.44. The Morgan fingerprint density at radius 3 is 2.44 bits per heavy atom. The van der Waals surface area contributed by atoms with Crippen molar-refractivity contribution in [2.45, 2.75) is 9.96 Å². The normalized spacial score (nSPS) is 12.7. The predicted octanol–water partition coefficient (Wildman–Crippen LogP) is 2.62. The summed E-state index contributed by atoms with van der Waals surface area (Å²) in [5.41, 5.74) is 0.365. The second kappa shape index (κ2) is 6.61. The van der Waals surface area contributed by atoms with Crippen molar-refractivity contribution in [3.8, 4) is 0 Å². The van der Waals surface area contributed by atoms with Crippen LogP contribution in [0.5, 0.6) is 0 Å². The minimum Gasteiger partial charge on any atom is -0.335 e. The van der Waals surface area contributed by atoms with Gasteiger partial charge in [-0.1, -0.05) is 46.9 Å². The maximum atomic E-state index is 11.9. The molecule has 98 valence electrons. The lowest BCUT2D eigenvalue weighted by Gasteiger charge is -2.24. The average Bonchev–Trinajstić information content (AvgIpc) is 2.27. The molecule has 18 heavy (non-hydrogen) atoms. The Hall–Kier alpha value is -0.490. The average molecular weight is 374 g/mol. The van der Waals surface area contributed by atoms with Crippen molar-refractivity contribution >= 4 is 63.1 Å². The van der Waals surface area contributed by atoms with Crippen LogP contribution in [0.25, 0.3) is 0 Å². The standard InChI is InChI=1S/C10H8BrCl3N2O2/c11-7-4-2-1-3-6(7)8(18)16-9(15-5-17)10(12,13)14/h1-5,9H,(H,15,17)(H,16,18). The van der Waals surface area contributed by atoms with Gasteiger partial charge in [0.05, 0.1) is 5.56 Å². The molecule has 1 aromatic carbocycles. The van der Waals surface area contributed by atoms with Crippen LogP contribution >= 0.6 is 50.7 Å². The minimum atomic E-state index is -1.85. The van der Waals surface area contributed by atoms with Crippen LogP contribution in [0.4, 0.5) is 0 Å². The summed E-state index contributed by atoms with van der Waals surface area (Å²) < 4.78 is -1.26. The smallest absolute Gasteiger partial charge is 0.254 e. The lowest BCUT2D eigenvalue weighted by Crippen LogP contribution is -2.52. The summed E-state index contributed by atoms with van der Waals surface area (Å²) in [7, 11) is 0. The van der Waals surface area contributed by atoms with Crippen LogP contribution in [0, 0.1) is 0 Å². The highest BCUT2D eigenvalue weighted by Crippen LogP contribution is 2.29. The summed E-state index contributed by atoms with van der Waals surface area (Å²) >= 11 is 20.1. The molecule has 4 nitrogen and oxygen atoms in total. The van der Waals surface area contributed by atoms with Crippen molar-refractivity contribution in [3.63, 3.8) is 0 Å². The Bertz CT molecular complexity index is 451. The van der Waals surface area contributed by atoms with Crippen LogP contribution in [0.15, 0.2) is 28.7 Å². The Kier molecular flexibility index (Phi) is 5.72. The molecule has 2 amide bonds. The number of hydrogen-bond acceptors (Lipinski definition) is 2. The molecule has 0 spiro atoms. The van der Waals surface area contributed by atoms with Crippen LogP contribution in [0.1, 0.15) is 10.4 Å². The Balaban J connectivity index is 2.86. The van der Waals surface area contributed by atoms with Gasteiger partial charge in [0, 0.05) is 4.47 Å². The van der Waals surface area contributed by atoms with Crippen LogP contribution in [-0.2, 0) is 4.79 Å². The molecule has 1 unspecified atom stereocenters. The molecule has 0 bridgehead atoms. The van der Waals surface area contributed by atoms with Crippen molar-refractivity contribution in [3.05, 3.63) is 34.3 Å². The van der Waals surface area contributed by atoms with E-state index in [2.05, 4.69) is 26.6 Å². The first-order valence-corrected chi connectivity index (χ1v) is 6.60. The minimum absolute atomic E-state index is 0.340. The van der Waals surface area contributed by atoms with E-state index in [0.717, 1.165) is 0 Å². The number of halogens is 4. The van der Waals surface area contributed by atoms with Gasteiger partial charge >= 0.3 is 0 Å². The first-order chi connectivity index (χ1) is 8.36. The van der Waals surface area contributed by atoms with E-state index in [9.17, 15) is 9.59 Å². The largest absolute Gasteiger partial charge is 0.335 e. The summed E-state index contributed by atoms with van der Waals surface area (Å²) in [6, 6.07) is 6.75. The van der Waals surface area contributed by atoms with Gasteiger partial charge in [-0.25, -0.2) is 0 Å². The van der Waals surface area contributed by atoms with Crippen molar-refractivity contribution in [2.75, 3.05) is 0 Å². The highest BCUT2D eigenvalue weighted by molar-refractivity contribution is 9.10. The number of alkyl halides is 3. The molecule has 0 saturated carbocycles. The molecule has 0 heterocycles. The van der Waals surface area contributed by atoms with Crippen molar-refractivity contribution < 1.29 is 9.59 Å². The molecule has 0 radical (unpaired) electrons. The zero-order valence-corrected chi connectivity index (χ0v) is 12.6. The molecule has 0 saturated heterocycles. The first-order valence-electron chi connectivity index (χ1n) is 4.68. The molecule has 0 aliphatic carbocycles. The maximum absolute atomic E-state index is 11.9. The third-order valence-electron chi connectivity index (χ3n) is 1.96. The van der Waals surface area contributed by atoms with Gasteiger partial charge in [-0.3, -0.25) is 9.59 Å². The van der Waals surface area contributed by atoms with E-state index in [1.807, 2.05) is 0 Å². The van der Waals surface area contributed by atoms with Gasteiger partial charge < -0.3 is 10.6 Å². The fourth-order valence-electron chi connectivity index (χ4n) is 1.14. The summed E-state index contributed by atoms with van der Waals surface area (Å²) in [5.74, 6) is -0.479. The van der Waals surface area contributed by atoms with E-state index >= 15 is 0 Å². The molecular weight excluding hydrogens is 366 g/mol. The molecular formula is C10H8BrCl3N2O2. The first kappa shape index (κ1) is 15.6. The fourth-order valence-corrected chi connectivity index (χ4v) is 1.96. The lowest BCUT2D eigenvalue weighted by molar-refractivity contribution is -0.110. The van der Waals surface area contributed by atoms with Gasteiger partial charge in [0.2, 0.25) is 10.2 Å². The highest BCUT2D eigenvalue weighted by atomic mass is 79.9. The van der Waals surface area contributed by atoms with E-state index in [4.69, 9.17) is 34.8 Å². The molecule has 1 atom stereocenters. The molecule has 0 aliphatic rings. The van der Waals surface area contributed by atoms with Crippen LogP contribution in [0.2, 0.25) is 0 Å². The number of nitrogens with one attached hydrogen (secondary N) is 2. The van der Waals surface area contributed by atoms with Crippen LogP contribution in [-0.4, -0.2) is 22.3 Å². The Labute approximate surface area is 127 Å². The molecule has 8 heteroatoms. The number of amides is 2. The summed E-state index contributed by atoms with van der Waals surface area (Å²) in [6.07, 6.45) is -0.785. The Morgan fingerprint density at radius 1 is 1.33 bits per heavy atom. The fraction of sp³-hybridized carbons (Fsp3) is 0.200. The summed E-state index contributed by atoms with van der Waals surface area (Å²) in [6.45, 7) is 0. The van der Waals surface area contributed by atoms with Gasteiger partial charge in [-0.05, 0) is 28.1 Å². The lowest BCUT2D eigenvalue weighted by atomic mass is 10.2. The van der Waals surface area contributed by atoms with E-state index in [-0.39, 0.29) is 0 Å². The second-order valence-electron chi connectivity index (χ2n) is 3.21. The van der Waals surface area contributed by atoms with Gasteiger partial charge in [0.15, 0.2) is 0 Å². The SMILES string of the molecule is O=CNC(NC(=O)c1ccccc1Br)C(Cl)(Cl)Cl. The van der Waals surface area contributed by atoms with Crippen LogP contribution < -0.4 is 10.6 Å². The van der Waals surface area contributed by atoms with E-state index < -0.39 is 15.9 Å². The van der Waals surface area contributed by atoms with Crippen molar-refractivity contribution in [1.82, 2.24) is 10.6 Å². The number of carbonyl (C=O) groups is 2. The van der Waals surface area contributed by atoms with Gasteiger partial charge in [0.25, 0.3) is 5.91 Å². The van der Waals surface area contributed by atoms with Gasteiger partial charge in [0.1, 0.15) is 6.17 Å². The number of carbonyl (C=O) groups excluding carboxylic acids is 2. The summed E-state index contributed by atoms with van der Waals surface area (Å²) in [5, 5.41) is 4.63. The van der Waals surface area contributed by atoms with Crippen molar-refractivity contribution in [1.29, 1.82) is 0 Å².